The van der Waals surface area contributed by atoms with E-state index in [1.807, 2.05) is 0 Å². The predicted molar refractivity (Wildman–Crippen MR) is 35.6 cm³/mol. The number of aliphatic imine (C=N–C) groups is 1. The molecule has 0 rings (SSSR count). The quantitative estimate of drug-likeness (QED) is 0.224. The van der Waals surface area contributed by atoms with Crippen LogP contribution in [0.1, 0.15) is 0 Å². The summed E-state index contributed by atoms with van der Waals surface area (Å²) in [5.41, 5.74) is 2.24. The number of nitrogens with one attached hydrogen (secondary N) is 1. The van der Waals surface area contributed by atoms with Crippen LogP contribution in [0.5, 0.6) is 0 Å². The maximum Gasteiger partial charge on any atom is 0.186 e. The highest BCUT2D eigenvalue weighted by molar-refractivity contribution is 6.26. The zero-order valence-corrected chi connectivity index (χ0v) is 5.70. The van der Waals surface area contributed by atoms with Crippen molar-refractivity contribution in [2.75, 3.05) is 20.3 Å². The molecule has 2 N–H and O–H groups in total. The number of carbonyl (C=O) groups excluding carboxylic acids is 1. The molecule has 0 saturated heterocycles. The molecule has 0 fully saturated rings. The van der Waals surface area contributed by atoms with Gasteiger partial charge in [0.15, 0.2) is 12.1 Å². The van der Waals surface area contributed by atoms with Crippen LogP contribution >= 0.6 is 0 Å². The highest BCUT2D eigenvalue weighted by atomic mass is 16.6. The molecule has 0 aliphatic heterocycles. The Labute approximate surface area is 58.7 Å². The lowest BCUT2D eigenvalue weighted by Gasteiger charge is -1.98. The maximum atomic E-state index is 10.0. The van der Waals surface area contributed by atoms with Crippen LogP contribution in [0.2, 0.25) is 0 Å². The fourth-order valence-corrected chi connectivity index (χ4v) is 0.369. The van der Waals surface area contributed by atoms with Gasteiger partial charge in [-0.15, -0.1) is 0 Å². The van der Waals surface area contributed by atoms with Gasteiger partial charge in [0.2, 0.25) is 0 Å². The minimum Gasteiger partial charge on any atom is -0.394 e. The molecule has 0 amide bonds. The summed E-state index contributed by atoms with van der Waals surface area (Å²) in [6, 6.07) is 0. The lowest BCUT2D eigenvalue weighted by Crippen LogP contribution is -2.23. The van der Waals surface area contributed by atoms with Crippen molar-refractivity contribution < 1.29 is 14.7 Å². The molecule has 0 aromatic carbocycles. The van der Waals surface area contributed by atoms with E-state index in [2.05, 4.69) is 15.3 Å². The van der Waals surface area contributed by atoms with E-state index in [0.29, 0.717) is 6.29 Å². The Morgan fingerprint density at radius 2 is 2.60 bits per heavy atom. The molecule has 0 aromatic heterocycles. The molecule has 0 bridgehead atoms. The molecule has 0 atom stereocenters. The van der Waals surface area contributed by atoms with Gasteiger partial charge in [0.25, 0.3) is 0 Å². The van der Waals surface area contributed by atoms with Gasteiger partial charge in [-0.3, -0.25) is 14.6 Å². The van der Waals surface area contributed by atoms with E-state index in [9.17, 15) is 4.79 Å². The van der Waals surface area contributed by atoms with Crippen LogP contribution in [0.15, 0.2) is 4.99 Å². The summed E-state index contributed by atoms with van der Waals surface area (Å²) in [5, 5.41) is 8.29. The highest BCUT2D eigenvalue weighted by Gasteiger charge is 1.91. The van der Waals surface area contributed by atoms with Crippen LogP contribution in [-0.4, -0.2) is 37.5 Å². The molecule has 0 unspecified atom stereocenters. The first-order valence-electron chi connectivity index (χ1n) is 2.74. The molecular formula is C5H10N2O3. The number of amidine groups is 1. The van der Waals surface area contributed by atoms with Crippen molar-refractivity contribution in [3.05, 3.63) is 0 Å². The van der Waals surface area contributed by atoms with Crippen LogP contribution < -0.4 is 5.48 Å². The molecule has 10 heavy (non-hydrogen) atoms. The predicted octanol–water partition coefficient (Wildman–Crippen LogP) is -1.27. The molecule has 0 heterocycles. The molecule has 0 saturated carbocycles. The van der Waals surface area contributed by atoms with E-state index in [4.69, 9.17) is 5.11 Å². The third-order valence-electron chi connectivity index (χ3n) is 0.700. The Kier molecular flexibility index (Phi) is 5.60. The van der Waals surface area contributed by atoms with Crippen molar-refractivity contribution in [2.45, 2.75) is 0 Å². The van der Waals surface area contributed by atoms with Crippen molar-refractivity contribution in [1.29, 1.82) is 0 Å². The van der Waals surface area contributed by atoms with E-state index in [-0.39, 0.29) is 19.0 Å². The first-order valence-corrected chi connectivity index (χ1v) is 2.74. The summed E-state index contributed by atoms with van der Waals surface area (Å²) >= 11 is 0. The normalized spacial score (nSPS) is 11.2. The fraction of sp³-hybridized carbons (Fsp3) is 0.600. The third-order valence-corrected chi connectivity index (χ3v) is 0.700. The summed E-state index contributed by atoms with van der Waals surface area (Å²) in [6.07, 6.45) is 0.513. The average Bonchev–Trinajstić information content (AvgIpc) is 1.98. The standard InChI is InChI=1S/C5H10N2O3/c1-10-7-5(4-9)6-2-3-8/h4,8H,2-3H2,1H3,(H,6,7). The molecule has 0 radical (unpaired) electrons. The Hall–Kier alpha value is -0.940. The molecule has 5 nitrogen and oxygen atoms in total. The number of hydroxylamine groups is 1. The lowest BCUT2D eigenvalue weighted by molar-refractivity contribution is -0.103. The van der Waals surface area contributed by atoms with E-state index in [1.54, 1.807) is 0 Å². The molecule has 0 aliphatic rings. The second-order valence-corrected chi connectivity index (χ2v) is 1.41. The van der Waals surface area contributed by atoms with E-state index in [1.165, 1.54) is 7.11 Å². The van der Waals surface area contributed by atoms with E-state index >= 15 is 0 Å². The summed E-state index contributed by atoms with van der Waals surface area (Å²) < 4.78 is 0. The molecule has 5 heteroatoms. The van der Waals surface area contributed by atoms with Crippen molar-refractivity contribution in [3.63, 3.8) is 0 Å². The largest absolute Gasteiger partial charge is 0.394 e. The number of nitrogens with zero attached hydrogens (tertiary/aromatic N) is 1. The van der Waals surface area contributed by atoms with Crippen LogP contribution in [0.3, 0.4) is 0 Å². The number of hydrogen-bond acceptors (Lipinski definition) is 4. The third kappa shape index (κ3) is 3.99. The molecule has 0 aromatic rings. The molecular weight excluding hydrogens is 136 g/mol. The zero-order valence-electron chi connectivity index (χ0n) is 5.70. The highest BCUT2D eigenvalue weighted by Crippen LogP contribution is 1.70. The smallest absolute Gasteiger partial charge is 0.186 e. The van der Waals surface area contributed by atoms with Gasteiger partial charge in [0, 0.05) is 0 Å². The Morgan fingerprint density at radius 3 is 3.00 bits per heavy atom. The summed E-state index contributed by atoms with van der Waals surface area (Å²) in [4.78, 5) is 18.1. The fourth-order valence-electron chi connectivity index (χ4n) is 0.369. The summed E-state index contributed by atoms with van der Waals surface area (Å²) in [5.74, 6) is 0.0801. The van der Waals surface area contributed by atoms with Gasteiger partial charge in [-0.05, 0) is 0 Å². The first kappa shape index (κ1) is 9.06. The number of carbonyl (C=O) groups is 1. The minimum absolute atomic E-state index is 0.0801. The number of hydrogen-bond donors (Lipinski definition) is 2. The number of aliphatic hydroxyl groups is 1. The van der Waals surface area contributed by atoms with Gasteiger partial charge < -0.3 is 5.11 Å². The van der Waals surface area contributed by atoms with E-state index < -0.39 is 0 Å². The number of rotatable bonds is 4. The minimum atomic E-state index is -0.0806. The Morgan fingerprint density at radius 1 is 1.90 bits per heavy atom. The second kappa shape index (κ2) is 6.18. The van der Waals surface area contributed by atoms with Crippen molar-refractivity contribution in [1.82, 2.24) is 5.48 Å². The summed E-state index contributed by atoms with van der Waals surface area (Å²) in [7, 11) is 1.37. The van der Waals surface area contributed by atoms with Crippen LogP contribution in [0.4, 0.5) is 0 Å². The Balaban J connectivity index is 3.66. The zero-order chi connectivity index (χ0) is 7.82. The Bertz CT molecular complexity index is 124. The molecule has 0 spiro atoms. The van der Waals surface area contributed by atoms with Gasteiger partial charge in [0.1, 0.15) is 0 Å². The number of aldehydes is 1. The number of aliphatic hydroxyl groups excluding tert-OH is 1. The van der Waals surface area contributed by atoms with Gasteiger partial charge in [-0.25, -0.2) is 5.48 Å². The topological polar surface area (TPSA) is 70.9 Å². The molecule has 0 aliphatic carbocycles. The van der Waals surface area contributed by atoms with Gasteiger partial charge in [-0.1, -0.05) is 0 Å². The van der Waals surface area contributed by atoms with Crippen LogP contribution in [0.25, 0.3) is 0 Å². The molecule has 58 valence electrons. The second-order valence-electron chi connectivity index (χ2n) is 1.41. The van der Waals surface area contributed by atoms with Crippen LogP contribution in [-0.2, 0) is 9.63 Å². The maximum absolute atomic E-state index is 10.0. The van der Waals surface area contributed by atoms with Gasteiger partial charge in [0.05, 0.1) is 20.3 Å². The van der Waals surface area contributed by atoms with Crippen molar-refractivity contribution in [3.8, 4) is 0 Å². The monoisotopic (exact) mass is 146 g/mol. The lowest BCUT2D eigenvalue weighted by atomic mass is 10.6. The summed E-state index contributed by atoms with van der Waals surface area (Å²) in [6.45, 7) is 0.118. The van der Waals surface area contributed by atoms with E-state index in [0.717, 1.165) is 0 Å². The van der Waals surface area contributed by atoms with Gasteiger partial charge >= 0.3 is 0 Å². The first-order chi connectivity index (χ1) is 4.85. The average molecular weight is 146 g/mol. The van der Waals surface area contributed by atoms with Crippen molar-refractivity contribution in [2.24, 2.45) is 4.99 Å². The van der Waals surface area contributed by atoms with Crippen LogP contribution in [0, 0.1) is 0 Å². The SMILES string of the molecule is CONC(C=O)=NCCO. The van der Waals surface area contributed by atoms with Crippen molar-refractivity contribution >= 4 is 12.1 Å². The van der Waals surface area contributed by atoms with Gasteiger partial charge in [-0.2, -0.15) is 0 Å².